The molecular weight excluding hydrogens is 482 g/mol. The van der Waals surface area contributed by atoms with E-state index in [0.29, 0.717) is 21.9 Å². The minimum atomic E-state index is -0.0942. The number of aryl methyl sites for hydroxylation is 1. The van der Waals surface area contributed by atoms with Crippen molar-refractivity contribution in [3.8, 4) is 16.8 Å². The van der Waals surface area contributed by atoms with Crippen LogP contribution in [0, 0.1) is 6.92 Å². The van der Waals surface area contributed by atoms with Gasteiger partial charge in [0.25, 0.3) is 5.56 Å². The van der Waals surface area contributed by atoms with Crippen LogP contribution in [0.5, 0.6) is 0 Å². The fraction of sp³-hybridized carbons (Fsp3) is 0.0769. The van der Waals surface area contributed by atoms with Gasteiger partial charge in [0.2, 0.25) is 0 Å². The zero-order valence-electron chi connectivity index (χ0n) is 17.4. The van der Waals surface area contributed by atoms with Gasteiger partial charge in [-0.25, -0.2) is 4.98 Å². The van der Waals surface area contributed by atoms with Crippen LogP contribution < -0.4 is 5.56 Å². The van der Waals surface area contributed by atoms with Crippen molar-refractivity contribution in [2.75, 3.05) is 0 Å². The Hall–Kier alpha value is -3.09. The normalized spacial score (nSPS) is 11.2. The topological polar surface area (TPSA) is 50.7 Å². The van der Waals surface area contributed by atoms with Crippen molar-refractivity contribution in [3.05, 3.63) is 111 Å². The van der Waals surface area contributed by atoms with E-state index in [1.165, 1.54) is 0 Å². The second kappa shape index (κ2) is 8.81. The minimum absolute atomic E-state index is 0.0942. The molecule has 1 N–H and O–H groups in total. The average molecular weight is 502 g/mol. The Morgan fingerprint density at radius 2 is 1.78 bits per heavy atom. The lowest BCUT2D eigenvalue weighted by Gasteiger charge is -2.14. The van der Waals surface area contributed by atoms with E-state index in [9.17, 15) is 4.79 Å². The summed E-state index contributed by atoms with van der Waals surface area (Å²) in [6.45, 7) is 2.01. The van der Waals surface area contributed by atoms with Crippen LogP contribution in [0.1, 0.15) is 11.1 Å². The first-order chi connectivity index (χ1) is 15.6. The summed E-state index contributed by atoms with van der Waals surface area (Å²) in [7, 11) is 0. The molecule has 0 aliphatic carbocycles. The Kier molecular flexibility index (Phi) is 5.72. The largest absolute Gasteiger partial charge is 0.355 e. The third kappa shape index (κ3) is 3.92. The molecule has 0 bridgehead atoms. The number of nitrogens with zero attached hydrogens (tertiary/aromatic N) is 2. The van der Waals surface area contributed by atoms with E-state index in [2.05, 4.69) is 33.0 Å². The lowest BCUT2D eigenvalue weighted by Crippen LogP contribution is -2.22. The Labute approximate surface area is 198 Å². The highest BCUT2D eigenvalue weighted by atomic mass is 79.9. The highest BCUT2D eigenvalue weighted by Crippen LogP contribution is 2.30. The SMILES string of the molecule is Cc1ccccc1-n1c(SCc2cccc(Br)c2)nc2c(-c3ccccc3)c[nH]c2c1=O. The summed E-state index contributed by atoms with van der Waals surface area (Å²) in [5, 5.41) is 0.675. The summed E-state index contributed by atoms with van der Waals surface area (Å²) in [5.74, 6) is 0.703. The van der Waals surface area contributed by atoms with Crippen molar-refractivity contribution in [3.63, 3.8) is 0 Å². The van der Waals surface area contributed by atoms with E-state index < -0.39 is 0 Å². The van der Waals surface area contributed by atoms with Crippen molar-refractivity contribution in [1.82, 2.24) is 14.5 Å². The molecule has 5 aromatic rings. The first-order valence-electron chi connectivity index (χ1n) is 10.2. The molecule has 0 saturated heterocycles. The van der Waals surface area contributed by atoms with Gasteiger partial charge in [0.05, 0.1) is 5.69 Å². The fourth-order valence-corrected chi connectivity index (χ4v) is 5.16. The average Bonchev–Trinajstić information content (AvgIpc) is 3.23. The second-order valence-corrected chi connectivity index (χ2v) is 9.39. The molecule has 5 rings (SSSR count). The van der Waals surface area contributed by atoms with Gasteiger partial charge in [0, 0.05) is 22.0 Å². The van der Waals surface area contributed by atoms with E-state index in [4.69, 9.17) is 4.98 Å². The highest BCUT2D eigenvalue weighted by molar-refractivity contribution is 9.10. The number of benzene rings is 3. The molecule has 0 unspecified atom stereocenters. The van der Waals surface area contributed by atoms with Gasteiger partial charge in [0.15, 0.2) is 5.16 Å². The number of aromatic nitrogens is 3. The van der Waals surface area contributed by atoms with Crippen LogP contribution in [0.15, 0.2) is 99.5 Å². The summed E-state index contributed by atoms with van der Waals surface area (Å²) < 4.78 is 2.76. The predicted octanol–water partition coefficient (Wildman–Crippen LogP) is 6.74. The molecule has 32 heavy (non-hydrogen) atoms. The minimum Gasteiger partial charge on any atom is -0.355 e. The van der Waals surface area contributed by atoms with Crippen molar-refractivity contribution in [2.45, 2.75) is 17.8 Å². The number of H-pyrrole nitrogens is 1. The van der Waals surface area contributed by atoms with Crippen LogP contribution in [0.25, 0.3) is 27.8 Å². The molecule has 6 heteroatoms. The van der Waals surface area contributed by atoms with Gasteiger partial charge >= 0.3 is 0 Å². The Bertz CT molecular complexity index is 1470. The van der Waals surface area contributed by atoms with Gasteiger partial charge in [0.1, 0.15) is 11.0 Å². The van der Waals surface area contributed by atoms with Crippen LogP contribution in [-0.2, 0) is 5.75 Å². The second-order valence-electron chi connectivity index (χ2n) is 7.53. The van der Waals surface area contributed by atoms with Crippen LogP contribution in [0.3, 0.4) is 0 Å². The third-order valence-corrected chi connectivity index (χ3v) is 6.87. The Balaban J connectivity index is 1.70. The van der Waals surface area contributed by atoms with Gasteiger partial charge < -0.3 is 4.98 Å². The van der Waals surface area contributed by atoms with Crippen LogP contribution in [-0.4, -0.2) is 14.5 Å². The van der Waals surface area contributed by atoms with Gasteiger partial charge in [-0.3, -0.25) is 9.36 Å². The number of aromatic amines is 1. The maximum absolute atomic E-state index is 13.7. The molecular formula is C26H20BrN3OS. The summed E-state index contributed by atoms with van der Waals surface area (Å²) in [6, 6.07) is 26.1. The van der Waals surface area contributed by atoms with E-state index in [1.807, 2.05) is 79.9 Å². The van der Waals surface area contributed by atoms with Gasteiger partial charge in [-0.1, -0.05) is 88.4 Å². The van der Waals surface area contributed by atoms with Gasteiger partial charge in [-0.15, -0.1) is 0 Å². The molecule has 0 radical (unpaired) electrons. The summed E-state index contributed by atoms with van der Waals surface area (Å²) in [6.07, 6.45) is 1.87. The molecule has 0 aliphatic rings. The van der Waals surface area contributed by atoms with Crippen LogP contribution in [0.4, 0.5) is 0 Å². The molecule has 4 nitrogen and oxygen atoms in total. The number of hydrogen-bond donors (Lipinski definition) is 1. The van der Waals surface area contributed by atoms with Gasteiger partial charge in [-0.2, -0.15) is 0 Å². The lowest BCUT2D eigenvalue weighted by atomic mass is 10.1. The van der Waals surface area contributed by atoms with E-state index in [-0.39, 0.29) is 5.56 Å². The maximum Gasteiger partial charge on any atom is 0.283 e. The molecule has 0 spiro atoms. The van der Waals surface area contributed by atoms with E-state index >= 15 is 0 Å². The number of thioether (sulfide) groups is 1. The van der Waals surface area contributed by atoms with Crippen molar-refractivity contribution in [2.24, 2.45) is 0 Å². The maximum atomic E-state index is 13.7. The van der Waals surface area contributed by atoms with Crippen LogP contribution >= 0.6 is 27.7 Å². The molecule has 3 aromatic carbocycles. The number of fused-ring (bicyclic) bond motifs is 1. The molecule has 0 atom stereocenters. The number of halogens is 1. The van der Waals surface area contributed by atoms with Crippen LogP contribution in [0.2, 0.25) is 0 Å². The third-order valence-electron chi connectivity index (χ3n) is 5.37. The molecule has 0 aliphatic heterocycles. The highest BCUT2D eigenvalue weighted by Gasteiger charge is 2.18. The molecule has 0 fully saturated rings. The number of rotatable bonds is 5. The zero-order chi connectivity index (χ0) is 22.1. The quantitative estimate of drug-likeness (QED) is 0.214. The smallest absolute Gasteiger partial charge is 0.283 e. The summed E-state index contributed by atoms with van der Waals surface area (Å²) in [4.78, 5) is 21.9. The Morgan fingerprint density at radius 3 is 2.56 bits per heavy atom. The first kappa shape index (κ1) is 20.8. The molecule has 2 aromatic heterocycles. The zero-order valence-corrected chi connectivity index (χ0v) is 19.8. The lowest BCUT2D eigenvalue weighted by molar-refractivity contribution is 0.813. The standard InChI is InChI=1S/C26H20BrN3OS/c1-17-8-5-6-13-22(17)30-25(31)24-23(21(15-28-24)19-10-3-2-4-11-19)29-26(30)32-16-18-9-7-12-20(27)14-18/h2-15,28H,16H2,1H3. The molecule has 2 heterocycles. The van der Waals surface area contributed by atoms with E-state index in [0.717, 1.165) is 32.4 Å². The number of nitrogens with one attached hydrogen (secondary N) is 1. The van der Waals surface area contributed by atoms with Crippen molar-refractivity contribution >= 4 is 38.7 Å². The predicted molar refractivity (Wildman–Crippen MR) is 136 cm³/mol. The van der Waals surface area contributed by atoms with Gasteiger partial charge in [-0.05, 0) is 41.8 Å². The monoisotopic (exact) mass is 501 g/mol. The number of hydrogen-bond acceptors (Lipinski definition) is 3. The first-order valence-corrected chi connectivity index (χ1v) is 12.0. The number of para-hydroxylation sites is 1. The molecule has 0 saturated carbocycles. The molecule has 158 valence electrons. The summed E-state index contributed by atoms with van der Waals surface area (Å²) >= 11 is 5.11. The van der Waals surface area contributed by atoms with Crippen molar-refractivity contribution in [1.29, 1.82) is 0 Å². The Morgan fingerprint density at radius 1 is 1.00 bits per heavy atom. The fourth-order valence-electron chi connectivity index (χ4n) is 3.78. The van der Waals surface area contributed by atoms with Crippen molar-refractivity contribution < 1.29 is 0 Å². The summed E-state index contributed by atoms with van der Waals surface area (Å²) in [5.41, 5.74) is 6.10. The van der Waals surface area contributed by atoms with E-state index in [1.54, 1.807) is 16.3 Å². The molecule has 0 amide bonds.